The maximum atomic E-state index is 10.2. The molecule has 0 radical (unpaired) electrons. The van der Waals surface area contributed by atoms with Crippen LogP contribution in [0.2, 0.25) is 0 Å². The van der Waals surface area contributed by atoms with Gasteiger partial charge in [0, 0.05) is 0 Å². The molecule has 0 aliphatic carbocycles. The molecule has 0 aromatic heterocycles. The first-order valence-electron chi connectivity index (χ1n) is 4.65. The lowest BCUT2D eigenvalue weighted by atomic mass is 10.1. The number of aliphatic hydroxyl groups excluding tert-OH is 2. The standard InChI is InChI=1S/C12H12O4/c13-10(9-5-2-1-3-6-9)7-4-8-11(14)12(15)16/h1-8,10,13-14H,(H,15,16)/b7-4+,11-8-. The molecule has 4 nitrogen and oxygen atoms in total. The molecular weight excluding hydrogens is 208 g/mol. The van der Waals surface area contributed by atoms with Gasteiger partial charge in [-0.2, -0.15) is 0 Å². The van der Waals surface area contributed by atoms with Gasteiger partial charge in [-0.05, 0) is 11.6 Å². The van der Waals surface area contributed by atoms with E-state index in [2.05, 4.69) is 0 Å². The van der Waals surface area contributed by atoms with Crippen molar-refractivity contribution < 1.29 is 20.1 Å². The Labute approximate surface area is 92.8 Å². The smallest absolute Gasteiger partial charge is 0.370 e. The maximum Gasteiger partial charge on any atom is 0.370 e. The van der Waals surface area contributed by atoms with E-state index in [0.717, 1.165) is 6.08 Å². The molecule has 16 heavy (non-hydrogen) atoms. The Morgan fingerprint density at radius 1 is 1.19 bits per heavy atom. The summed E-state index contributed by atoms with van der Waals surface area (Å²) in [7, 11) is 0. The lowest BCUT2D eigenvalue weighted by molar-refractivity contribution is -0.135. The number of carboxylic acid groups (broad SMARTS) is 1. The number of allylic oxidation sites excluding steroid dienone is 2. The Hall–Kier alpha value is -2.07. The predicted octanol–water partition coefficient (Wildman–Crippen LogP) is 1.80. The van der Waals surface area contributed by atoms with Crippen LogP contribution in [0.4, 0.5) is 0 Å². The fourth-order valence-corrected chi connectivity index (χ4v) is 1.08. The molecule has 3 N–H and O–H groups in total. The molecule has 0 spiro atoms. The van der Waals surface area contributed by atoms with Crippen molar-refractivity contribution in [2.24, 2.45) is 0 Å². The van der Waals surface area contributed by atoms with Crippen LogP contribution in [-0.2, 0) is 4.79 Å². The zero-order chi connectivity index (χ0) is 12.0. The molecule has 0 saturated carbocycles. The summed E-state index contributed by atoms with van der Waals surface area (Å²) in [6, 6.07) is 8.90. The lowest BCUT2D eigenvalue weighted by Gasteiger charge is -2.03. The minimum absolute atomic E-state index is 0.696. The van der Waals surface area contributed by atoms with Crippen molar-refractivity contribution in [3.05, 3.63) is 59.9 Å². The molecule has 84 valence electrons. The Balaban J connectivity index is 2.65. The first kappa shape index (κ1) is 12.0. The zero-order valence-electron chi connectivity index (χ0n) is 8.45. The van der Waals surface area contributed by atoms with Gasteiger partial charge in [-0.25, -0.2) is 4.79 Å². The molecule has 4 heteroatoms. The Morgan fingerprint density at radius 2 is 1.81 bits per heavy atom. The van der Waals surface area contributed by atoms with Gasteiger partial charge < -0.3 is 15.3 Å². The highest BCUT2D eigenvalue weighted by atomic mass is 16.4. The molecule has 0 aliphatic heterocycles. The summed E-state index contributed by atoms with van der Waals surface area (Å²) >= 11 is 0. The van der Waals surface area contributed by atoms with E-state index >= 15 is 0 Å². The quantitative estimate of drug-likeness (QED) is 0.411. The molecule has 1 aromatic carbocycles. The first-order chi connectivity index (χ1) is 7.61. The number of hydrogen-bond acceptors (Lipinski definition) is 3. The van der Waals surface area contributed by atoms with Crippen molar-refractivity contribution >= 4 is 5.97 Å². The van der Waals surface area contributed by atoms with Gasteiger partial charge in [0.25, 0.3) is 0 Å². The third-order valence-electron chi connectivity index (χ3n) is 1.91. The third kappa shape index (κ3) is 3.59. The summed E-state index contributed by atoms with van der Waals surface area (Å²) in [6.07, 6.45) is 2.86. The van der Waals surface area contributed by atoms with E-state index in [1.807, 2.05) is 6.07 Å². The average Bonchev–Trinajstić information content (AvgIpc) is 2.29. The fraction of sp³-hybridized carbons (Fsp3) is 0.0833. The van der Waals surface area contributed by atoms with Crippen LogP contribution in [0.3, 0.4) is 0 Å². The summed E-state index contributed by atoms with van der Waals surface area (Å²) in [6.45, 7) is 0. The highest BCUT2D eigenvalue weighted by Gasteiger charge is 2.02. The molecule has 0 aliphatic rings. The molecule has 1 unspecified atom stereocenters. The van der Waals surface area contributed by atoms with Crippen molar-refractivity contribution in [2.45, 2.75) is 6.10 Å². The molecular formula is C12H12O4. The van der Waals surface area contributed by atoms with Gasteiger partial charge in [0.15, 0.2) is 0 Å². The Bertz CT molecular complexity index is 406. The van der Waals surface area contributed by atoms with E-state index in [1.165, 1.54) is 12.2 Å². The Morgan fingerprint density at radius 3 is 2.38 bits per heavy atom. The van der Waals surface area contributed by atoms with E-state index in [1.54, 1.807) is 24.3 Å². The van der Waals surface area contributed by atoms with Gasteiger partial charge in [0.2, 0.25) is 5.76 Å². The number of carboxylic acids is 1. The van der Waals surface area contributed by atoms with Crippen LogP contribution < -0.4 is 0 Å². The second-order valence-electron chi connectivity index (χ2n) is 3.10. The van der Waals surface area contributed by atoms with Crippen LogP contribution in [0.15, 0.2) is 54.3 Å². The van der Waals surface area contributed by atoms with Crippen LogP contribution in [0, 0.1) is 0 Å². The third-order valence-corrected chi connectivity index (χ3v) is 1.91. The number of rotatable bonds is 4. The van der Waals surface area contributed by atoms with E-state index < -0.39 is 17.8 Å². The van der Waals surface area contributed by atoms with Crippen LogP contribution in [0.5, 0.6) is 0 Å². The molecule has 0 saturated heterocycles. The molecule has 0 amide bonds. The topological polar surface area (TPSA) is 77.8 Å². The van der Waals surface area contributed by atoms with Crippen LogP contribution in [0.1, 0.15) is 11.7 Å². The lowest BCUT2D eigenvalue weighted by Crippen LogP contribution is -1.98. The number of benzene rings is 1. The van der Waals surface area contributed by atoms with Crippen molar-refractivity contribution in [3.8, 4) is 0 Å². The maximum absolute atomic E-state index is 10.2. The summed E-state index contributed by atoms with van der Waals surface area (Å²) in [5.74, 6) is -2.17. The monoisotopic (exact) mass is 220 g/mol. The van der Waals surface area contributed by atoms with E-state index in [0.29, 0.717) is 5.56 Å². The predicted molar refractivity (Wildman–Crippen MR) is 58.9 cm³/mol. The van der Waals surface area contributed by atoms with Crippen LogP contribution in [0.25, 0.3) is 0 Å². The average molecular weight is 220 g/mol. The van der Waals surface area contributed by atoms with Crippen LogP contribution in [-0.4, -0.2) is 21.3 Å². The molecule has 1 aromatic rings. The van der Waals surface area contributed by atoms with E-state index in [-0.39, 0.29) is 0 Å². The summed E-state index contributed by atoms with van der Waals surface area (Å²) in [5, 5.41) is 26.8. The van der Waals surface area contributed by atoms with Gasteiger partial charge in [0.05, 0.1) is 6.10 Å². The van der Waals surface area contributed by atoms with Crippen molar-refractivity contribution in [2.75, 3.05) is 0 Å². The summed E-state index contributed by atoms with van der Waals surface area (Å²) in [4.78, 5) is 10.2. The van der Waals surface area contributed by atoms with Crippen LogP contribution >= 0.6 is 0 Å². The van der Waals surface area contributed by atoms with Crippen molar-refractivity contribution in [1.82, 2.24) is 0 Å². The normalized spacial score (nSPS) is 13.9. The largest absolute Gasteiger partial charge is 0.502 e. The molecule has 0 fully saturated rings. The van der Waals surface area contributed by atoms with Gasteiger partial charge in [-0.15, -0.1) is 0 Å². The number of carbonyl (C=O) groups is 1. The van der Waals surface area contributed by atoms with E-state index in [4.69, 9.17) is 10.2 Å². The molecule has 1 atom stereocenters. The van der Waals surface area contributed by atoms with E-state index in [9.17, 15) is 9.90 Å². The molecule has 1 rings (SSSR count). The highest BCUT2D eigenvalue weighted by molar-refractivity contribution is 5.83. The number of aliphatic hydroxyl groups is 2. The molecule has 0 heterocycles. The van der Waals surface area contributed by atoms with Gasteiger partial charge >= 0.3 is 5.97 Å². The second kappa shape index (κ2) is 5.72. The highest BCUT2D eigenvalue weighted by Crippen LogP contribution is 2.13. The minimum atomic E-state index is -1.40. The number of hydrogen-bond donors (Lipinski definition) is 3. The second-order valence-corrected chi connectivity index (χ2v) is 3.10. The fourth-order valence-electron chi connectivity index (χ4n) is 1.08. The van der Waals surface area contributed by atoms with Gasteiger partial charge in [0.1, 0.15) is 0 Å². The summed E-state index contributed by atoms with van der Waals surface area (Å²) < 4.78 is 0. The summed E-state index contributed by atoms with van der Waals surface area (Å²) in [5.41, 5.74) is 0.696. The minimum Gasteiger partial charge on any atom is -0.502 e. The zero-order valence-corrected chi connectivity index (χ0v) is 8.45. The van der Waals surface area contributed by atoms with Crippen molar-refractivity contribution in [1.29, 1.82) is 0 Å². The van der Waals surface area contributed by atoms with Gasteiger partial charge in [-0.1, -0.05) is 42.5 Å². The molecule has 0 bridgehead atoms. The number of aliphatic carboxylic acids is 1. The Kier molecular flexibility index (Phi) is 4.29. The first-order valence-corrected chi connectivity index (χ1v) is 4.65. The SMILES string of the molecule is O=C(O)/C(O)=C/C=C/C(O)c1ccccc1. The van der Waals surface area contributed by atoms with Gasteiger partial charge in [-0.3, -0.25) is 0 Å². The van der Waals surface area contributed by atoms with Crippen molar-refractivity contribution in [3.63, 3.8) is 0 Å².